The molecule has 2 aromatic carbocycles. The van der Waals surface area contributed by atoms with Crippen molar-refractivity contribution in [2.75, 3.05) is 17.0 Å². The average Bonchev–Trinajstić information content (AvgIpc) is 3.23. The van der Waals surface area contributed by atoms with Gasteiger partial charge in [-0.1, -0.05) is 60.7 Å². The van der Waals surface area contributed by atoms with Gasteiger partial charge in [0.05, 0.1) is 22.9 Å². The van der Waals surface area contributed by atoms with Crippen molar-refractivity contribution in [1.82, 2.24) is 14.9 Å². The van der Waals surface area contributed by atoms with Gasteiger partial charge in [-0.25, -0.2) is 12.9 Å². The quantitative estimate of drug-likeness (QED) is 0.446. The predicted molar refractivity (Wildman–Crippen MR) is 120 cm³/mol. The molecule has 0 radical (unpaired) electrons. The Labute approximate surface area is 180 Å². The molecule has 31 heavy (non-hydrogen) atoms. The second kappa shape index (κ2) is 9.01. The van der Waals surface area contributed by atoms with Crippen LogP contribution >= 0.6 is 0 Å². The Hall–Kier alpha value is -3.65. The van der Waals surface area contributed by atoms with E-state index in [4.69, 9.17) is 0 Å². The molecule has 0 spiro atoms. The van der Waals surface area contributed by atoms with Crippen LogP contribution in [0.1, 0.15) is 17.0 Å². The summed E-state index contributed by atoms with van der Waals surface area (Å²) >= 11 is 0. The molecular formula is C23H22N4O3S. The van der Waals surface area contributed by atoms with E-state index in [-0.39, 0.29) is 18.2 Å². The molecule has 2 heterocycles. The average molecular weight is 435 g/mol. The lowest BCUT2D eigenvalue weighted by Crippen LogP contribution is -2.34. The number of hydrogen-bond donors (Lipinski definition) is 2. The maximum atomic E-state index is 13.0. The fourth-order valence-electron chi connectivity index (χ4n) is 3.41. The first-order valence-electron chi connectivity index (χ1n) is 9.83. The normalized spacial score (nSPS) is 11.5. The Morgan fingerprint density at radius 2 is 1.58 bits per heavy atom. The lowest BCUT2D eigenvalue weighted by molar-refractivity contribution is -0.121. The van der Waals surface area contributed by atoms with Crippen molar-refractivity contribution < 1.29 is 13.2 Å². The zero-order chi connectivity index (χ0) is 21.7. The molecular weight excluding hydrogens is 412 g/mol. The highest BCUT2D eigenvalue weighted by atomic mass is 32.2. The van der Waals surface area contributed by atoms with Crippen LogP contribution in [0.15, 0.2) is 91.3 Å². The summed E-state index contributed by atoms with van der Waals surface area (Å²) in [5, 5.41) is 6.86. The van der Waals surface area contributed by atoms with Gasteiger partial charge in [0.25, 0.3) is 0 Å². The van der Waals surface area contributed by atoms with E-state index in [0.717, 1.165) is 16.6 Å². The van der Waals surface area contributed by atoms with E-state index in [9.17, 15) is 13.2 Å². The molecule has 0 atom stereocenters. The third-order valence-electron chi connectivity index (χ3n) is 4.87. The summed E-state index contributed by atoms with van der Waals surface area (Å²) in [6.45, 7) is -0.000733. The van der Waals surface area contributed by atoms with E-state index in [2.05, 4.69) is 15.1 Å². The minimum Gasteiger partial charge on any atom is -0.354 e. The minimum absolute atomic E-state index is 0.000733. The first kappa shape index (κ1) is 20.6. The van der Waals surface area contributed by atoms with Crippen LogP contribution < -0.4 is 10.0 Å². The molecule has 8 heteroatoms. The highest BCUT2D eigenvalue weighted by Gasteiger charge is 2.22. The monoisotopic (exact) mass is 434 g/mol. The third-order valence-corrected chi connectivity index (χ3v) is 6.16. The van der Waals surface area contributed by atoms with Crippen LogP contribution in [-0.4, -0.2) is 36.2 Å². The molecule has 0 unspecified atom stereocenters. The lowest BCUT2D eigenvalue weighted by Gasteiger charge is -2.18. The zero-order valence-electron chi connectivity index (χ0n) is 16.7. The second-order valence-electron chi connectivity index (χ2n) is 7.08. The summed E-state index contributed by atoms with van der Waals surface area (Å²) in [6.07, 6.45) is 3.32. The Kier molecular flexibility index (Phi) is 5.99. The SMILES string of the molecule is O=C(NCCS(=O)(=O)Nc1ccn2nccc2c1)C(c1ccccc1)c1ccccc1. The van der Waals surface area contributed by atoms with Crippen LogP contribution in [-0.2, 0) is 14.8 Å². The summed E-state index contributed by atoms with van der Waals surface area (Å²) < 4.78 is 29.2. The Morgan fingerprint density at radius 3 is 2.23 bits per heavy atom. The van der Waals surface area contributed by atoms with Crippen LogP contribution in [0.4, 0.5) is 5.69 Å². The van der Waals surface area contributed by atoms with Crippen LogP contribution in [0.3, 0.4) is 0 Å². The van der Waals surface area contributed by atoms with Gasteiger partial charge >= 0.3 is 0 Å². The molecule has 2 N–H and O–H groups in total. The molecule has 4 rings (SSSR count). The largest absolute Gasteiger partial charge is 0.354 e. The first-order valence-corrected chi connectivity index (χ1v) is 11.5. The van der Waals surface area contributed by atoms with E-state index in [1.54, 1.807) is 35.1 Å². The number of anilines is 1. The van der Waals surface area contributed by atoms with E-state index < -0.39 is 15.9 Å². The molecule has 0 aliphatic rings. The van der Waals surface area contributed by atoms with Gasteiger partial charge in [-0.05, 0) is 29.3 Å². The Bertz CT molecular complexity index is 1230. The summed E-state index contributed by atoms with van der Waals surface area (Å²) in [7, 11) is -3.63. The number of sulfonamides is 1. The Morgan fingerprint density at radius 1 is 0.935 bits per heavy atom. The highest BCUT2D eigenvalue weighted by molar-refractivity contribution is 7.92. The van der Waals surface area contributed by atoms with Crippen molar-refractivity contribution in [3.8, 4) is 0 Å². The van der Waals surface area contributed by atoms with E-state index in [0.29, 0.717) is 5.69 Å². The number of carbonyl (C=O) groups excluding carboxylic acids is 1. The molecule has 0 saturated carbocycles. The van der Waals surface area contributed by atoms with Gasteiger partial charge in [-0.15, -0.1) is 0 Å². The number of hydrogen-bond acceptors (Lipinski definition) is 4. The number of fused-ring (bicyclic) bond motifs is 1. The maximum absolute atomic E-state index is 13.0. The van der Waals surface area contributed by atoms with Crippen molar-refractivity contribution in [2.45, 2.75) is 5.92 Å². The summed E-state index contributed by atoms with van der Waals surface area (Å²) in [5.41, 5.74) is 2.93. The van der Waals surface area contributed by atoms with Crippen LogP contribution in [0, 0.1) is 0 Å². The fraction of sp³-hybridized carbons (Fsp3) is 0.130. The predicted octanol–water partition coefficient (Wildman–Crippen LogP) is 3.02. The molecule has 0 saturated heterocycles. The number of aromatic nitrogens is 2. The van der Waals surface area contributed by atoms with Gasteiger partial charge in [0.1, 0.15) is 0 Å². The molecule has 4 aromatic rings. The van der Waals surface area contributed by atoms with Gasteiger partial charge in [-0.3, -0.25) is 9.52 Å². The van der Waals surface area contributed by atoms with Crippen LogP contribution in [0.2, 0.25) is 0 Å². The van der Waals surface area contributed by atoms with Crippen molar-refractivity contribution >= 4 is 27.1 Å². The number of rotatable bonds is 8. The molecule has 7 nitrogen and oxygen atoms in total. The lowest BCUT2D eigenvalue weighted by atomic mass is 9.90. The first-order chi connectivity index (χ1) is 15.0. The molecule has 0 aliphatic heterocycles. The number of pyridine rings is 1. The zero-order valence-corrected chi connectivity index (χ0v) is 17.5. The van der Waals surface area contributed by atoms with E-state index in [1.165, 1.54) is 0 Å². The van der Waals surface area contributed by atoms with Gasteiger partial charge in [0.2, 0.25) is 15.9 Å². The van der Waals surface area contributed by atoms with Crippen molar-refractivity contribution in [3.63, 3.8) is 0 Å². The van der Waals surface area contributed by atoms with Crippen LogP contribution in [0.5, 0.6) is 0 Å². The standard InChI is InChI=1S/C23H22N4O3S/c28-23(22(18-7-3-1-4-8-18)19-9-5-2-6-10-19)24-14-16-31(29,30)26-20-12-15-27-21(17-20)11-13-25-27/h1-13,15,17,22,26H,14,16H2,(H,24,28). The van der Waals surface area contributed by atoms with E-state index >= 15 is 0 Å². The molecule has 0 aliphatic carbocycles. The van der Waals surface area contributed by atoms with Crippen molar-refractivity contribution in [2.24, 2.45) is 0 Å². The summed E-state index contributed by atoms with van der Waals surface area (Å²) in [4.78, 5) is 13.0. The minimum atomic E-state index is -3.63. The fourth-order valence-corrected chi connectivity index (χ4v) is 4.37. The van der Waals surface area contributed by atoms with Crippen LogP contribution in [0.25, 0.3) is 5.52 Å². The summed E-state index contributed by atoms with van der Waals surface area (Å²) in [5.74, 6) is -0.991. The number of benzene rings is 2. The third kappa shape index (κ3) is 5.10. The topological polar surface area (TPSA) is 92.6 Å². The van der Waals surface area contributed by atoms with Gasteiger partial charge < -0.3 is 5.32 Å². The smallest absolute Gasteiger partial charge is 0.234 e. The molecule has 158 valence electrons. The maximum Gasteiger partial charge on any atom is 0.234 e. The number of nitrogens with zero attached hydrogens (tertiary/aromatic N) is 2. The number of carbonyl (C=O) groups is 1. The Balaban J connectivity index is 1.41. The van der Waals surface area contributed by atoms with E-state index in [1.807, 2.05) is 60.7 Å². The van der Waals surface area contributed by atoms with Gasteiger partial charge in [0.15, 0.2) is 0 Å². The van der Waals surface area contributed by atoms with Crippen molar-refractivity contribution in [3.05, 3.63) is 102 Å². The summed E-state index contributed by atoms with van der Waals surface area (Å²) in [6, 6.07) is 24.0. The molecule has 0 bridgehead atoms. The molecule has 2 aromatic heterocycles. The number of amides is 1. The molecule has 1 amide bonds. The second-order valence-corrected chi connectivity index (χ2v) is 8.92. The van der Waals surface area contributed by atoms with Crippen molar-refractivity contribution in [1.29, 1.82) is 0 Å². The molecule has 0 fully saturated rings. The highest BCUT2D eigenvalue weighted by Crippen LogP contribution is 2.24. The van der Waals surface area contributed by atoms with Gasteiger partial charge in [0, 0.05) is 18.9 Å². The van der Waals surface area contributed by atoms with Gasteiger partial charge in [-0.2, -0.15) is 5.10 Å². The number of nitrogens with one attached hydrogen (secondary N) is 2.